The average Bonchev–Trinajstić information content (AvgIpc) is 2.35. The number of nitrogens with two attached hydrogens (primary N) is 1. The Labute approximate surface area is 107 Å². The monoisotopic (exact) mass is 252 g/mol. The first-order chi connectivity index (χ1) is 8.51. The van der Waals surface area contributed by atoms with E-state index in [1.807, 2.05) is 20.8 Å². The van der Waals surface area contributed by atoms with Crippen molar-refractivity contribution in [3.8, 4) is 0 Å². The zero-order valence-corrected chi connectivity index (χ0v) is 11.1. The average molecular weight is 252 g/mol. The van der Waals surface area contributed by atoms with Gasteiger partial charge in [0, 0.05) is 19.0 Å². The fourth-order valence-corrected chi connectivity index (χ4v) is 1.53. The van der Waals surface area contributed by atoms with E-state index in [0.29, 0.717) is 12.4 Å². The van der Waals surface area contributed by atoms with Gasteiger partial charge in [-0.1, -0.05) is 13.8 Å². The molecule has 1 aromatic rings. The highest BCUT2D eigenvalue weighted by Gasteiger charge is 2.19. The van der Waals surface area contributed by atoms with E-state index in [4.69, 9.17) is 10.8 Å². The smallest absolute Gasteiger partial charge is 0.274 e. The Bertz CT molecular complexity index is 421. The number of rotatable bonds is 5. The molecule has 0 aliphatic rings. The van der Waals surface area contributed by atoms with Crippen LogP contribution in [0.1, 0.15) is 43.0 Å². The second-order valence-electron chi connectivity index (χ2n) is 4.30. The standard InChI is InChI=1S/C12H20N4O2/c1-4-16(5-6-17)12(18)10-9(13)7-14-11(15-10)8(2)3/h7-8,17H,4-6,13H2,1-3H3. The van der Waals surface area contributed by atoms with Crippen molar-refractivity contribution in [2.45, 2.75) is 26.7 Å². The first-order valence-corrected chi connectivity index (χ1v) is 6.03. The molecule has 18 heavy (non-hydrogen) atoms. The van der Waals surface area contributed by atoms with Gasteiger partial charge in [-0.15, -0.1) is 0 Å². The SMILES string of the molecule is CCN(CCO)C(=O)c1nc(C(C)C)ncc1N. The summed E-state index contributed by atoms with van der Waals surface area (Å²) >= 11 is 0. The van der Waals surface area contributed by atoms with Gasteiger partial charge < -0.3 is 15.7 Å². The number of carbonyl (C=O) groups excluding carboxylic acids is 1. The Balaban J connectivity index is 3.06. The number of nitrogen functional groups attached to an aromatic ring is 1. The molecule has 0 aromatic carbocycles. The molecule has 0 unspecified atom stereocenters. The van der Waals surface area contributed by atoms with Crippen LogP contribution in [0.15, 0.2) is 6.20 Å². The molecule has 0 spiro atoms. The van der Waals surface area contributed by atoms with Crippen molar-refractivity contribution in [1.29, 1.82) is 0 Å². The van der Waals surface area contributed by atoms with E-state index in [9.17, 15) is 4.79 Å². The topological polar surface area (TPSA) is 92.3 Å². The molecule has 1 heterocycles. The summed E-state index contributed by atoms with van der Waals surface area (Å²) in [5.74, 6) is 0.450. The fraction of sp³-hybridized carbons (Fsp3) is 0.583. The van der Waals surface area contributed by atoms with Gasteiger partial charge in [0.1, 0.15) is 5.82 Å². The zero-order chi connectivity index (χ0) is 13.7. The van der Waals surface area contributed by atoms with E-state index in [2.05, 4.69) is 9.97 Å². The van der Waals surface area contributed by atoms with E-state index >= 15 is 0 Å². The molecule has 0 saturated heterocycles. The van der Waals surface area contributed by atoms with E-state index in [1.165, 1.54) is 11.1 Å². The molecule has 1 rings (SSSR count). The Hall–Kier alpha value is -1.69. The molecule has 0 aliphatic heterocycles. The number of aromatic nitrogens is 2. The summed E-state index contributed by atoms with van der Waals surface area (Å²) in [5, 5.41) is 8.92. The van der Waals surface area contributed by atoms with E-state index < -0.39 is 0 Å². The maximum Gasteiger partial charge on any atom is 0.274 e. The zero-order valence-electron chi connectivity index (χ0n) is 11.1. The molecule has 0 saturated carbocycles. The van der Waals surface area contributed by atoms with E-state index in [1.54, 1.807) is 0 Å². The lowest BCUT2D eigenvalue weighted by Crippen LogP contribution is -2.34. The summed E-state index contributed by atoms with van der Waals surface area (Å²) in [6.07, 6.45) is 1.46. The number of anilines is 1. The van der Waals surface area contributed by atoms with Crippen LogP contribution in [-0.2, 0) is 0 Å². The number of carbonyl (C=O) groups is 1. The first-order valence-electron chi connectivity index (χ1n) is 6.03. The van der Waals surface area contributed by atoms with Crippen molar-refractivity contribution in [1.82, 2.24) is 14.9 Å². The van der Waals surface area contributed by atoms with Gasteiger partial charge >= 0.3 is 0 Å². The Morgan fingerprint density at radius 3 is 2.72 bits per heavy atom. The summed E-state index contributed by atoms with van der Waals surface area (Å²) in [6.45, 7) is 6.43. The van der Waals surface area contributed by atoms with Gasteiger partial charge in [0.15, 0.2) is 5.69 Å². The minimum absolute atomic E-state index is 0.0817. The number of amides is 1. The van der Waals surface area contributed by atoms with Gasteiger partial charge in [0.25, 0.3) is 5.91 Å². The second-order valence-corrected chi connectivity index (χ2v) is 4.30. The minimum Gasteiger partial charge on any atom is -0.396 e. The van der Waals surface area contributed by atoms with Gasteiger partial charge in [-0.2, -0.15) is 0 Å². The normalized spacial score (nSPS) is 10.7. The van der Waals surface area contributed by atoms with Gasteiger partial charge in [0.2, 0.25) is 0 Å². The van der Waals surface area contributed by atoms with Crippen molar-refractivity contribution < 1.29 is 9.90 Å². The fourth-order valence-electron chi connectivity index (χ4n) is 1.53. The Morgan fingerprint density at radius 1 is 1.56 bits per heavy atom. The van der Waals surface area contributed by atoms with Crippen molar-refractivity contribution in [3.63, 3.8) is 0 Å². The molecule has 0 aliphatic carbocycles. The summed E-state index contributed by atoms with van der Waals surface area (Å²) in [7, 11) is 0. The molecular weight excluding hydrogens is 232 g/mol. The van der Waals surface area contributed by atoms with Gasteiger partial charge in [0.05, 0.1) is 18.5 Å². The molecule has 1 aromatic heterocycles. The highest BCUT2D eigenvalue weighted by atomic mass is 16.3. The van der Waals surface area contributed by atoms with Gasteiger partial charge in [-0.25, -0.2) is 9.97 Å². The van der Waals surface area contributed by atoms with Crippen LogP contribution in [-0.4, -0.2) is 45.6 Å². The third-order valence-electron chi connectivity index (χ3n) is 2.59. The van der Waals surface area contributed by atoms with Crippen LogP contribution in [0.5, 0.6) is 0 Å². The third-order valence-corrected chi connectivity index (χ3v) is 2.59. The quantitative estimate of drug-likeness (QED) is 0.802. The molecular formula is C12H20N4O2. The summed E-state index contributed by atoms with van der Waals surface area (Å²) < 4.78 is 0. The Morgan fingerprint density at radius 2 is 2.22 bits per heavy atom. The molecule has 100 valence electrons. The van der Waals surface area contributed by atoms with Crippen LogP contribution in [0.3, 0.4) is 0 Å². The highest BCUT2D eigenvalue weighted by Crippen LogP contribution is 2.15. The van der Waals surface area contributed by atoms with Crippen molar-refractivity contribution in [2.24, 2.45) is 0 Å². The minimum atomic E-state index is -0.270. The molecule has 0 atom stereocenters. The van der Waals surface area contributed by atoms with Gasteiger partial charge in [-0.05, 0) is 6.92 Å². The van der Waals surface area contributed by atoms with Crippen molar-refractivity contribution in [3.05, 3.63) is 17.7 Å². The summed E-state index contributed by atoms with van der Waals surface area (Å²) in [4.78, 5) is 22.0. The summed E-state index contributed by atoms with van der Waals surface area (Å²) in [6, 6.07) is 0. The van der Waals surface area contributed by atoms with Crippen molar-refractivity contribution in [2.75, 3.05) is 25.4 Å². The molecule has 3 N–H and O–H groups in total. The summed E-state index contributed by atoms with van der Waals surface area (Å²) in [5.41, 5.74) is 6.22. The highest BCUT2D eigenvalue weighted by molar-refractivity contribution is 5.96. The Kier molecular flexibility index (Phi) is 5.03. The molecule has 0 fully saturated rings. The second kappa shape index (κ2) is 6.30. The van der Waals surface area contributed by atoms with Crippen LogP contribution >= 0.6 is 0 Å². The van der Waals surface area contributed by atoms with Crippen LogP contribution in [0.2, 0.25) is 0 Å². The predicted octanol–water partition coefficient (Wildman–Crippen LogP) is 0.637. The third kappa shape index (κ3) is 3.16. The largest absolute Gasteiger partial charge is 0.396 e. The predicted molar refractivity (Wildman–Crippen MR) is 69.2 cm³/mol. The molecule has 1 amide bonds. The number of hydrogen-bond donors (Lipinski definition) is 2. The van der Waals surface area contributed by atoms with Crippen LogP contribution in [0, 0.1) is 0 Å². The van der Waals surface area contributed by atoms with Crippen LogP contribution in [0.25, 0.3) is 0 Å². The molecule has 0 radical (unpaired) electrons. The van der Waals surface area contributed by atoms with E-state index in [0.717, 1.165) is 0 Å². The number of aliphatic hydroxyl groups is 1. The van der Waals surface area contributed by atoms with E-state index in [-0.39, 0.29) is 36.4 Å². The number of hydrogen-bond acceptors (Lipinski definition) is 5. The number of nitrogens with zero attached hydrogens (tertiary/aromatic N) is 3. The lowest BCUT2D eigenvalue weighted by molar-refractivity contribution is 0.0726. The van der Waals surface area contributed by atoms with Crippen molar-refractivity contribution >= 4 is 11.6 Å². The molecule has 6 nitrogen and oxygen atoms in total. The molecule has 0 bridgehead atoms. The lowest BCUT2D eigenvalue weighted by atomic mass is 10.2. The number of aliphatic hydroxyl groups excluding tert-OH is 1. The number of likely N-dealkylation sites (N-methyl/N-ethyl adjacent to an activating group) is 1. The van der Waals surface area contributed by atoms with Crippen LogP contribution < -0.4 is 5.73 Å². The van der Waals surface area contributed by atoms with Gasteiger partial charge in [-0.3, -0.25) is 4.79 Å². The maximum atomic E-state index is 12.2. The molecule has 6 heteroatoms. The maximum absolute atomic E-state index is 12.2. The first kappa shape index (κ1) is 14.4. The lowest BCUT2D eigenvalue weighted by Gasteiger charge is -2.20. The van der Waals surface area contributed by atoms with Crippen LogP contribution in [0.4, 0.5) is 5.69 Å².